The lowest BCUT2D eigenvalue weighted by atomic mass is 10.00. The van der Waals surface area contributed by atoms with Gasteiger partial charge in [-0.3, -0.25) is 4.79 Å². The number of amides is 1. The van der Waals surface area contributed by atoms with Crippen LogP contribution in [0.5, 0.6) is 0 Å². The van der Waals surface area contributed by atoms with Crippen LogP contribution < -0.4 is 10.2 Å². The van der Waals surface area contributed by atoms with Gasteiger partial charge < -0.3 is 15.3 Å². The molecule has 0 aliphatic carbocycles. The van der Waals surface area contributed by atoms with Crippen LogP contribution >= 0.6 is 11.6 Å². The summed E-state index contributed by atoms with van der Waals surface area (Å²) in [5, 5.41) is 12.8. The van der Waals surface area contributed by atoms with E-state index in [9.17, 15) is 27.9 Å². The molecule has 0 bridgehead atoms. The van der Waals surface area contributed by atoms with E-state index < -0.39 is 29.7 Å². The van der Waals surface area contributed by atoms with E-state index in [1.165, 1.54) is 23.8 Å². The van der Waals surface area contributed by atoms with Crippen molar-refractivity contribution in [1.29, 1.82) is 0 Å². The van der Waals surface area contributed by atoms with E-state index in [1.807, 2.05) is 29.2 Å². The molecule has 2 heterocycles. The van der Waals surface area contributed by atoms with E-state index in [0.29, 0.717) is 29.5 Å². The number of anilines is 1. The largest absolute Gasteiger partial charge is 0.480 e. The van der Waals surface area contributed by atoms with Gasteiger partial charge in [-0.1, -0.05) is 60.1 Å². The third-order valence-corrected chi connectivity index (χ3v) is 7.08. The van der Waals surface area contributed by atoms with Gasteiger partial charge in [-0.05, 0) is 47.4 Å². The normalized spacial score (nSPS) is 13.8. The zero-order valence-electron chi connectivity index (χ0n) is 21.5. The Kier molecular flexibility index (Phi) is 7.94. The molecule has 3 aromatic carbocycles. The van der Waals surface area contributed by atoms with Crippen molar-refractivity contribution < 1.29 is 27.9 Å². The Bertz CT molecular complexity index is 1580. The second kappa shape index (κ2) is 11.6. The Labute approximate surface area is 238 Å². The predicted molar refractivity (Wildman–Crippen MR) is 148 cm³/mol. The number of hydrogen-bond acceptors (Lipinski definition) is 5. The molecule has 1 aromatic heterocycles. The molecule has 1 aliphatic rings. The first-order chi connectivity index (χ1) is 19.6. The quantitative estimate of drug-likeness (QED) is 0.287. The molecule has 1 aliphatic heterocycles. The first kappa shape index (κ1) is 28.1. The number of carbonyl (C=O) groups is 2. The predicted octanol–water partition coefficient (Wildman–Crippen LogP) is 5.80. The van der Waals surface area contributed by atoms with Crippen molar-refractivity contribution in [2.75, 3.05) is 11.4 Å². The van der Waals surface area contributed by atoms with Crippen molar-refractivity contribution >= 4 is 29.3 Å². The Balaban J connectivity index is 1.48. The van der Waals surface area contributed by atoms with Crippen molar-refractivity contribution in [3.8, 4) is 11.4 Å². The summed E-state index contributed by atoms with van der Waals surface area (Å²) < 4.78 is 39.4. The maximum Gasteiger partial charge on any atom is 0.416 e. The summed E-state index contributed by atoms with van der Waals surface area (Å²) in [6.07, 6.45) is -3.77. The Morgan fingerprint density at radius 1 is 0.976 bits per heavy atom. The van der Waals surface area contributed by atoms with Crippen LogP contribution in [-0.4, -0.2) is 39.5 Å². The molecule has 0 radical (unpaired) electrons. The Morgan fingerprint density at radius 3 is 2.32 bits per heavy atom. The fourth-order valence-corrected chi connectivity index (χ4v) is 4.76. The number of nitrogens with zero attached hydrogens (tertiary/aromatic N) is 3. The van der Waals surface area contributed by atoms with Gasteiger partial charge in [0.05, 0.1) is 5.56 Å². The summed E-state index contributed by atoms with van der Waals surface area (Å²) in [6.45, 7) is 1.10. The fourth-order valence-electron chi connectivity index (χ4n) is 4.63. The van der Waals surface area contributed by atoms with Crippen molar-refractivity contribution in [2.45, 2.75) is 31.6 Å². The molecule has 1 amide bonds. The fraction of sp³-hybridized carbons (Fsp3) is 0.200. The van der Waals surface area contributed by atoms with Crippen molar-refractivity contribution in [3.63, 3.8) is 0 Å². The van der Waals surface area contributed by atoms with E-state index in [0.717, 1.165) is 24.1 Å². The molecule has 7 nitrogen and oxygen atoms in total. The number of alkyl halides is 3. The van der Waals surface area contributed by atoms with Crippen LogP contribution in [0.4, 0.5) is 19.0 Å². The van der Waals surface area contributed by atoms with Gasteiger partial charge in [-0.25, -0.2) is 14.8 Å². The van der Waals surface area contributed by atoms with E-state index in [-0.39, 0.29) is 23.5 Å². The van der Waals surface area contributed by atoms with Crippen LogP contribution in [0.2, 0.25) is 5.02 Å². The number of aliphatic carboxylic acids is 1. The van der Waals surface area contributed by atoms with Crippen molar-refractivity contribution in [1.82, 2.24) is 15.3 Å². The highest BCUT2D eigenvalue weighted by molar-refractivity contribution is 6.30. The number of rotatable bonds is 7. The molecule has 0 saturated heterocycles. The second-order valence-electron chi connectivity index (χ2n) is 9.65. The third kappa shape index (κ3) is 6.66. The van der Waals surface area contributed by atoms with Gasteiger partial charge in [0.15, 0.2) is 5.82 Å². The molecule has 2 N–H and O–H groups in total. The number of carbonyl (C=O) groups excluding carboxylic acids is 1. The Hall–Kier alpha value is -4.44. The van der Waals surface area contributed by atoms with Gasteiger partial charge in [0.25, 0.3) is 5.91 Å². The smallest absolute Gasteiger partial charge is 0.416 e. The maximum absolute atomic E-state index is 13.4. The minimum absolute atomic E-state index is 0.00482. The molecule has 0 saturated carbocycles. The molecule has 210 valence electrons. The van der Waals surface area contributed by atoms with Gasteiger partial charge in [-0.15, -0.1) is 0 Å². The SMILES string of the molecule is O=C(NC(Cc1ccc(Cl)cc1)C(=O)O)c1cc(N2CCc3ccccc3C2)nc(-c2ccc(C(F)(F)F)cc2)n1. The van der Waals surface area contributed by atoms with Crippen LogP contribution in [-0.2, 0) is 30.4 Å². The number of aromatic nitrogens is 2. The second-order valence-corrected chi connectivity index (χ2v) is 10.1. The first-order valence-corrected chi connectivity index (χ1v) is 13.1. The summed E-state index contributed by atoms with van der Waals surface area (Å²) in [7, 11) is 0. The molecule has 1 unspecified atom stereocenters. The minimum atomic E-state index is -4.51. The lowest BCUT2D eigenvalue weighted by Gasteiger charge is -2.30. The third-order valence-electron chi connectivity index (χ3n) is 6.83. The summed E-state index contributed by atoms with van der Waals surface area (Å²) in [5.41, 5.74) is 2.30. The van der Waals surface area contributed by atoms with Gasteiger partial charge >= 0.3 is 12.1 Å². The molecular formula is C30H24ClF3N4O3. The molecular weight excluding hydrogens is 557 g/mol. The molecule has 0 spiro atoms. The zero-order valence-corrected chi connectivity index (χ0v) is 22.3. The van der Waals surface area contributed by atoms with E-state index in [1.54, 1.807) is 24.3 Å². The number of hydrogen-bond donors (Lipinski definition) is 2. The van der Waals surface area contributed by atoms with Crippen molar-refractivity contribution in [2.24, 2.45) is 0 Å². The van der Waals surface area contributed by atoms with Gasteiger partial charge in [0, 0.05) is 36.2 Å². The van der Waals surface area contributed by atoms with Gasteiger partial charge in [-0.2, -0.15) is 13.2 Å². The molecule has 0 fully saturated rings. The van der Waals surface area contributed by atoms with Gasteiger partial charge in [0.1, 0.15) is 17.6 Å². The van der Waals surface area contributed by atoms with E-state index in [4.69, 9.17) is 11.6 Å². The van der Waals surface area contributed by atoms with Gasteiger partial charge in [0.2, 0.25) is 0 Å². The van der Waals surface area contributed by atoms with Crippen LogP contribution in [0.25, 0.3) is 11.4 Å². The number of carboxylic acids is 1. The highest BCUT2D eigenvalue weighted by atomic mass is 35.5. The number of fused-ring (bicyclic) bond motifs is 1. The molecule has 11 heteroatoms. The summed E-state index contributed by atoms with van der Waals surface area (Å²) in [4.78, 5) is 36.2. The van der Waals surface area contributed by atoms with Crippen LogP contribution in [0.15, 0.2) is 78.9 Å². The maximum atomic E-state index is 13.4. The van der Waals surface area contributed by atoms with Crippen LogP contribution in [0.1, 0.15) is 32.7 Å². The summed E-state index contributed by atoms with van der Waals surface area (Å²) in [5.74, 6) is -1.54. The molecule has 4 aromatic rings. The highest BCUT2D eigenvalue weighted by Crippen LogP contribution is 2.31. The summed E-state index contributed by atoms with van der Waals surface area (Å²) in [6, 6.07) is 19.1. The topological polar surface area (TPSA) is 95.4 Å². The van der Waals surface area contributed by atoms with Crippen molar-refractivity contribution in [3.05, 3.63) is 112 Å². The summed E-state index contributed by atoms with van der Waals surface area (Å²) >= 11 is 5.92. The molecule has 5 rings (SSSR count). The molecule has 41 heavy (non-hydrogen) atoms. The number of benzene rings is 3. The lowest BCUT2D eigenvalue weighted by molar-refractivity contribution is -0.139. The minimum Gasteiger partial charge on any atom is -0.480 e. The van der Waals surface area contributed by atoms with E-state index in [2.05, 4.69) is 15.3 Å². The average Bonchev–Trinajstić information content (AvgIpc) is 2.97. The number of nitrogens with one attached hydrogen (secondary N) is 1. The molecule has 1 atom stereocenters. The zero-order chi connectivity index (χ0) is 29.1. The monoisotopic (exact) mass is 580 g/mol. The first-order valence-electron chi connectivity index (χ1n) is 12.7. The van der Waals surface area contributed by atoms with E-state index >= 15 is 0 Å². The number of halogens is 4. The number of carboxylic acid groups (broad SMARTS) is 1. The highest BCUT2D eigenvalue weighted by Gasteiger charge is 2.30. The Morgan fingerprint density at radius 2 is 1.66 bits per heavy atom. The van der Waals surface area contributed by atoms with Crippen LogP contribution in [0, 0.1) is 0 Å². The van der Waals surface area contributed by atoms with Crippen LogP contribution in [0.3, 0.4) is 0 Å². The lowest BCUT2D eigenvalue weighted by Crippen LogP contribution is -2.42. The standard InChI is InChI=1S/C30H24ClF3N4O3/c31-23-11-5-18(6-12-23)15-25(29(40)41)36-28(39)24-16-26(38-14-13-19-3-1-2-4-21(19)17-38)37-27(35-24)20-7-9-22(10-8-20)30(32,33)34/h1-12,16,25H,13-15,17H2,(H,36,39)(H,40,41). The average molecular weight is 581 g/mol.